The number of aliphatic carboxylic acids is 1. The highest BCUT2D eigenvalue weighted by Gasteiger charge is 2.61. The molecule has 1 aliphatic heterocycles. The van der Waals surface area contributed by atoms with Crippen molar-refractivity contribution >= 4 is 23.2 Å². The molecule has 1 saturated heterocycles. The molecular weight excluding hydrogens is 452 g/mol. The van der Waals surface area contributed by atoms with Gasteiger partial charge in [-0.15, -0.1) is 11.3 Å². The molecule has 0 unspecified atom stereocenters. The first-order valence-corrected chi connectivity index (χ1v) is 12.3. The fraction of sp³-hybridized carbons (Fsp3) is 0.480. The molecule has 9 heteroatoms. The molecular formula is C25H30N4O4S. The lowest BCUT2D eigenvalue weighted by Gasteiger charge is -2.38. The summed E-state index contributed by atoms with van der Waals surface area (Å²) in [6.45, 7) is 10.2. The van der Waals surface area contributed by atoms with Crippen molar-refractivity contribution in [2.24, 2.45) is 5.92 Å². The largest absolute Gasteiger partial charge is 0.479 e. The molecule has 8 nitrogen and oxygen atoms in total. The number of carbonyl (C=O) groups is 2. The summed E-state index contributed by atoms with van der Waals surface area (Å²) in [5.41, 5.74) is 0.0283. The molecule has 0 aliphatic carbocycles. The highest BCUT2D eigenvalue weighted by Crippen LogP contribution is 2.54. The molecule has 0 radical (unpaired) electrons. The number of amides is 1. The smallest absolute Gasteiger partial charge is 0.329 e. The predicted octanol–water partition coefficient (Wildman–Crippen LogP) is 5.06. The average Bonchev–Trinajstić information content (AvgIpc) is 3.52. The molecule has 1 aliphatic rings. The van der Waals surface area contributed by atoms with Crippen LogP contribution in [0, 0.1) is 5.92 Å². The number of carboxylic acid groups (broad SMARTS) is 1. The second kappa shape index (κ2) is 8.94. The fourth-order valence-corrected chi connectivity index (χ4v) is 5.75. The SMILES string of the molecule is CC(C)C[C@@]1(C(=O)O)C[C@@H](c2ncno2)[C@H](c2nccs2)N1C(=O)c1ccc(C(C)(C)C)cc1. The monoisotopic (exact) mass is 482 g/mol. The number of hydrogen-bond acceptors (Lipinski definition) is 7. The van der Waals surface area contributed by atoms with Gasteiger partial charge >= 0.3 is 5.97 Å². The van der Waals surface area contributed by atoms with Gasteiger partial charge in [0.1, 0.15) is 10.5 Å². The van der Waals surface area contributed by atoms with Gasteiger partial charge in [0.2, 0.25) is 5.89 Å². The second-order valence-electron chi connectivity index (χ2n) is 10.3. The molecule has 4 rings (SSSR count). The van der Waals surface area contributed by atoms with Gasteiger partial charge in [0, 0.05) is 17.1 Å². The third-order valence-corrected chi connectivity index (χ3v) is 7.28. The number of carbonyl (C=O) groups excluding carboxylic acids is 1. The molecule has 1 fully saturated rings. The number of hydrogen-bond donors (Lipinski definition) is 1. The number of rotatable bonds is 6. The Bertz CT molecular complexity index is 1140. The Morgan fingerprint density at radius 3 is 2.44 bits per heavy atom. The molecule has 0 bridgehead atoms. The van der Waals surface area contributed by atoms with E-state index in [2.05, 4.69) is 35.9 Å². The van der Waals surface area contributed by atoms with E-state index in [9.17, 15) is 14.7 Å². The molecule has 1 aromatic carbocycles. The van der Waals surface area contributed by atoms with Crippen molar-refractivity contribution in [1.82, 2.24) is 20.0 Å². The molecule has 180 valence electrons. The van der Waals surface area contributed by atoms with Gasteiger partial charge in [-0.2, -0.15) is 4.98 Å². The van der Waals surface area contributed by atoms with Gasteiger partial charge in [-0.3, -0.25) is 4.79 Å². The van der Waals surface area contributed by atoms with Crippen molar-refractivity contribution in [3.8, 4) is 0 Å². The van der Waals surface area contributed by atoms with Crippen molar-refractivity contribution in [3.63, 3.8) is 0 Å². The van der Waals surface area contributed by atoms with E-state index in [1.165, 1.54) is 22.6 Å². The lowest BCUT2D eigenvalue weighted by molar-refractivity contribution is -0.150. The maximum atomic E-state index is 14.1. The minimum Gasteiger partial charge on any atom is -0.479 e. The van der Waals surface area contributed by atoms with Crippen LogP contribution in [0.2, 0.25) is 0 Å². The Kier molecular flexibility index (Phi) is 6.33. The Balaban J connectivity index is 1.88. The molecule has 2 aromatic heterocycles. The zero-order valence-electron chi connectivity index (χ0n) is 20.1. The van der Waals surface area contributed by atoms with E-state index in [4.69, 9.17) is 4.52 Å². The van der Waals surface area contributed by atoms with E-state index in [1.54, 1.807) is 18.3 Å². The highest BCUT2D eigenvalue weighted by atomic mass is 32.1. The van der Waals surface area contributed by atoms with Crippen LogP contribution in [-0.2, 0) is 10.2 Å². The van der Waals surface area contributed by atoms with Gasteiger partial charge in [-0.25, -0.2) is 9.78 Å². The van der Waals surface area contributed by atoms with Crippen molar-refractivity contribution < 1.29 is 19.2 Å². The number of benzene rings is 1. The first-order chi connectivity index (χ1) is 16.0. The molecule has 1 amide bonds. The van der Waals surface area contributed by atoms with Gasteiger partial charge in [-0.1, -0.05) is 51.9 Å². The van der Waals surface area contributed by atoms with Crippen LogP contribution in [0.3, 0.4) is 0 Å². The minimum atomic E-state index is -1.44. The summed E-state index contributed by atoms with van der Waals surface area (Å²) in [4.78, 5) is 37.3. The van der Waals surface area contributed by atoms with Gasteiger partial charge in [-0.05, 0) is 41.9 Å². The van der Waals surface area contributed by atoms with Crippen molar-refractivity contribution in [2.75, 3.05) is 0 Å². The lowest BCUT2D eigenvalue weighted by atomic mass is 9.83. The number of carboxylic acids is 1. The molecule has 0 spiro atoms. The normalized spacial score (nSPS) is 22.9. The number of likely N-dealkylation sites (tertiary alicyclic amines) is 1. The zero-order chi connectivity index (χ0) is 24.7. The average molecular weight is 483 g/mol. The topological polar surface area (TPSA) is 109 Å². The number of thiazole rings is 1. The molecule has 3 heterocycles. The summed E-state index contributed by atoms with van der Waals surface area (Å²) in [5, 5.41) is 16.8. The van der Waals surface area contributed by atoms with Crippen LogP contribution in [0.1, 0.15) is 86.2 Å². The summed E-state index contributed by atoms with van der Waals surface area (Å²) in [5.74, 6) is -1.52. The van der Waals surface area contributed by atoms with Crippen LogP contribution in [0.15, 0.2) is 46.7 Å². The summed E-state index contributed by atoms with van der Waals surface area (Å²) in [7, 11) is 0. The van der Waals surface area contributed by atoms with Crippen molar-refractivity contribution in [2.45, 2.75) is 70.4 Å². The Morgan fingerprint density at radius 1 is 1.24 bits per heavy atom. The fourth-order valence-electron chi connectivity index (χ4n) is 4.96. The Morgan fingerprint density at radius 2 is 1.94 bits per heavy atom. The quantitative estimate of drug-likeness (QED) is 0.523. The van der Waals surface area contributed by atoms with Gasteiger partial charge in [0.05, 0.1) is 12.0 Å². The van der Waals surface area contributed by atoms with Crippen LogP contribution >= 0.6 is 11.3 Å². The maximum Gasteiger partial charge on any atom is 0.329 e. The van der Waals surface area contributed by atoms with E-state index >= 15 is 0 Å². The summed E-state index contributed by atoms with van der Waals surface area (Å²) < 4.78 is 5.40. The van der Waals surface area contributed by atoms with E-state index in [1.807, 2.05) is 31.4 Å². The Hall–Kier alpha value is -3.07. The summed E-state index contributed by atoms with van der Waals surface area (Å²) in [6, 6.07) is 6.79. The predicted molar refractivity (Wildman–Crippen MR) is 128 cm³/mol. The number of aromatic nitrogens is 3. The highest BCUT2D eigenvalue weighted by molar-refractivity contribution is 7.09. The molecule has 1 N–H and O–H groups in total. The van der Waals surface area contributed by atoms with Gasteiger partial charge in [0.25, 0.3) is 5.91 Å². The zero-order valence-corrected chi connectivity index (χ0v) is 20.9. The summed E-state index contributed by atoms with van der Waals surface area (Å²) in [6.07, 6.45) is 3.42. The van der Waals surface area contributed by atoms with E-state index < -0.39 is 23.5 Å². The standard InChI is InChI=1S/C25H30N4O4S/c1-15(2)12-25(23(31)32)13-18(20-27-14-28-33-20)19(21-26-10-11-34-21)29(25)22(30)16-6-8-17(9-7-16)24(3,4)5/h6-11,14-15,18-19H,12-13H2,1-5H3,(H,31,32)/t18-,19-,25+/m1/s1. The van der Waals surface area contributed by atoms with E-state index in [0.717, 1.165) is 5.56 Å². The Labute approximate surface area is 203 Å². The molecule has 3 aromatic rings. The van der Waals surface area contributed by atoms with Crippen molar-refractivity contribution in [1.29, 1.82) is 0 Å². The first-order valence-electron chi connectivity index (χ1n) is 11.4. The maximum absolute atomic E-state index is 14.1. The van der Waals surface area contributed by atoms with Crippen LogP contribution in [0.4, 0.5) is 0 Å². The third-order valence-electron chi connectivity index (χ3n) is 6.44. The van der Waals surface area contributed by atoms with Gasteiger partial charge in [0.15, 0.2) is 6.33 Å². The van der Waals surface area contributed by atoms with Crippen LogP contribution in [0.5, 0.6) is 0 Å². The number of nitrogens with zero attached hydrogens (tertiary/aromatic N) is 4. The third kappa shape index (κ3) is 4.24. The van der Waals surface area contributed by atoms with Gasteiger partial charge < -0.3 is 14.5 Å². The second-order valence-corrected chi connectivity index (χ2v) is 11.3. The van der Waals surface area contributed by atoms with Crippen molar-refractivity contribution in [3.05, 3.63) is 64.2 Å². The van der Waals surface area contributed by atoms with Crippen LogP contribution < -0.4 is 0 Å². The van der Waals surface area contributed by atoms with Crippen LogP contribution in [0.25, 0.3) is 0 Å². The van der Waals surface area contributed by atoms with Crippen LogP contribution in [-0.4, -0.2) is 42.5 Å². The van der Waals surface area contributed by atoms with E-state index in [-0.39, 0.29) is 23.7 Å². The molecule has 3 atom stereocenters. The van der Waals surface area contributed by atoms with E-state index in [0.29, 0.717) is 22.9 Å². The lowest BCUT2D eigenvalue weighted by Crippen LogP contribution is -2.54. The molecule has 0 saturated carbocycles. The first kappa shape index (κ1) is 24.1. The summed E-state index contributed by atoms with van der Waals surface area (Å²) >= 11 is 1.39. The molecule has 34 heavy (non-hydrogen) atoms. The minimum absolute atomic E-state index is 0.0352.